The fraction of sp³-hybridized carbons (Fsp3) is 0.733. The number of hydrazine groups is 1. The van der Waals surface area contributed by atoms with Crippen molar-refractivity contribution in [3.8, 4) is 0 Å². The monoisotopic (exact) mass is 308 g/mol. The maximum Gasteiger partial charge on any atom is 0.277 e. The van der Waals surface area contributed by atoms with E-state index in [1.165, 1.54) is 37.3 Å². The molecule has 1 aliphatic carbocycles. The third-order valence-electron chi connectivity index (χ3n) is 4.52. The van der Waals surface area contributed by atoms with Gasteiger partial charge in [0.2, 0.25) is 0 Å². The molecule has 1 aromatic heterocycles. The van der Waals surface area contributed by atoms with Gasteiger partial charge in [0.05, 0.1) is 10.7 Å². The molecule has 21 heavy (non-hydrogen) atoms. The first-order chi connectivity index (χ1) is 10.2. The van der Waals surface area contributed by atoms with Crippen LogP contribution in [-0.4, -0.2) is 35.4 Å². The van der Waals surface area contributed by atoms with E-state index < -0.39 is 0 Å². The van der Waals surface area contributed by atoms with Gasteiger partial charge in [-0.05, 0) is 44.7 Å². The molecule has 1 amide bonds. The number of nitrogens with zero attached hydrogens (tertiary/aromatic N) is 2. The summed E-state index contributed by atoms with van der Waals surface area (Å²) < 4.78 is 0. The molecule has 0 spiro atoms. The van der Waals surface area contributed by atoms with Crippen molar-refractivity contribution in [1.82, 2.24) is 15.3 Å². The van der Waals surface area contributed by atoms with Crippen molar-refractivity contribution in [3.63, 3.8) is 0 Å². The Morgan fingerprint density at radius 3 is 2.71 bits per heavy atom. The van der Waals surface area contributed by atoms with Gasteiger partial charge in [-0.25, -0.2) is 10.8 Å². The van der Waals surface area contributed by atoms with Crippen molar-refractivity contribution in [1.29, 1.82) is 0 Å². The molecule has 0 radical (unpaired) electrons. The lowest BCUT2D eigenvalue weighted by Gasteiger charge is -2.29. The lowest BCUT2D eigenvalue weighted by molar-refractivity contribution is 0.0956. The molecule has 6 heteroatoms. The van der Waals surface area contributed by atoms with Crippen LogP contribution in [0.5, 0.6) is 0 Å². The number of hydrogen-bond donors (Lipinski definition) is 2. The average molecular weight is 308 g/mol. The van der Waals surface area contributed by atoms with E-state index in [4.69, 9.17) is 10.8 Å². The Morgan fingerprint density at radius 1 is 1.38 bits per heavy atom. The summed E-state index contributed by atoms with van der Waals surface area (Å²) in [6, 6.07) is 0. The van der Waals surface area contributed by atoms with E-state index >= 15 is 0 Å². The van der Waals surface area contributed by atoms with Crippen LogP contribution in [0.15, 0.2) is 0 Å². The normalized spacial score (nSPS) is 20.7. The van der Waals surface area contributed by atoms with Crippen LogP contribution in [0.1, 0.15) is 58.9 Å². The van der Waals surface area contributed by atoms with Crippen LogP contribution >= 0.6 is 11.3 Å². The number of thiazole rings is 1. The first-order valence-electron chi connectivity index (χ1n) is 7.90. The molecular weight excluding hydrogens is 284 g/mol. The van der Waals surface area contributed by atoms with E-state index in [-0.39, 0.29) is 5.91 Å². The molecule has 0 atom stereocenters. The zero-order valence-corrected chi connectivity index (χ0v) is 13.4. The first-order valence-corrected chi connectivity index (χ1v) is 8.72. The van der Waals surface area contributed by atoms with E-state index in [0.29, 0.717) is 5.92 Å². The number of carbonyl (C=O) groups is 1. The highest BCUT2D eigenvalue weighted by molar-refractivity contribution is 7.13. The number of rotatable bonds is 5. The van der Waals surface area contributed by atoms with Crippen molar-refractivity contribution in [3.05, 3.63) is 15.6 Å². The Labute approximate surface area is 129 Å². The Kier molecular flexibility index (Phi) is 4.57. The maximum atomic E-state index is 11.8. The fourth-order valence-corrected chi connectivity index (χ4v) is 3.93. The number of hydrogen-bond acceptors (Lipinski definition) is 5. The van der Waals surface area contributed by atoms with E-state index in [1.54, 1.807) is 0 Å². The number of nitrogen functional groups attached to an aromatic ring is 1. The summed E-state index contributed by atoms with van der Waals surface area (Å²) in [5.74, 6) is 6.44. The van der Waals surface area contributed by atoms with Crippen molar-refractivity contribution in [2.24, 2.45) is 11.8 Å². The number of nitrogens with one attached hydrogen (secondary N) is 1. The number of nitrogens with two attached hydrogens (primary N) is 1. The van der Waals surface area contributed by atoms with Gasteiger partial charge in [-0.3, -0.25) is 10.2 Å². The third kappa shape index (κ3) is 3.62. The minimum atomic E-state index is -0.188. The molecule has 3 N–H and O–H groups in total. The molecule has 3 rings (SSSR count). The number of carbonyl (C=O) groups excluding carboxylic acids is 1. The van der Waals surface area contributed by atoms with Crippen LogP contribution in [0, 0.1) is 5.92 Å². The summed E-state index contributed by atoms with van der Waals surface area (Å²) in [6.45, 7) is 5.77. The predicted molar refractivity (Wildman–Crippen MR) is 84.3 cm³/mol. The predicted octanol–water partition coefficient (Wildman–Crippen LogP) is 1.90. The van der Waals surface area contributed by atoms with Crippen molar-refractivity contribution < 1.29 is 4.79 Å². The van der Waals surface area contributed by atoms with Crippen LogP contribution in [0.25, 0.3) is 0 Å². The van der Waals surface area contributed by atoms with Gasteiger partial charge < -0.3 is 4.90 Å². The Morgan fingerprint density at radius 2 is 2.10 bits per heavy atom. The van der Waals surface area contributed by atoms with Crippen LogP contribution in [-0.2, 0) is 6.42 Å². The van der Waals surface area contributed by atoms with Gasteiger partial charge in [-0.2, -0.15) is 0 Å². The topological polar surface area (TPSA) is 71.2 Å². The molecular formula is C15H24N4OS. The van der Waals surface area contributed by atoms with Crippen LogP contribution in [0.3, 0.4) is 0 Å². The van der Waals surface area contributed by atoms with Gasteiger partial charge >= 0.3 is 0 Å². The van der Waals surface area contributed by atoms with Crippen molar-refractivity contribution >= 4 is 17.2 Å². The van der Waals surface area contributed by atoms with E-state index in [2.05, 4.69) is 17.2 Å². The number of amides is 1. The van der Waals surface area contributed by atoms with E-state index in [9.17, 15) is 4.79 Å². The molecule has 1 aromatic rings. The highest BCUT2D eigenvalue weighted by Crippen LogP contribution is 2.42. The molecule has 0 unspecified atom stereocenters. The van der Waals surface area contributed by atoms with Gasteiger partial charge in [0, 0.05) is 18.9 Å². The van der Waals surface area contributed by atoms with Crippen LogP contribution in [0.4, 0.5) is 0 Å². The molecule has 2 aliphatic rings. The maximum absolute atomic E-state index is 11.8. The molecule has 0 bridgehead atoms. The zero-order valence-electron chi connectivity index (χ0n) is 12.6. The van der Waals surface area contributed by atoms with Gasteiger partial charge in [0.25, 0.3) is 5.91 Å². The zero-order chi connectivity index (χ0) is 14.8. The first kappa shape index (κ1) is 14.9. The number of likely N-dealkylation sites (tertiary alicyclic amines) is 1. The molecule has 0 aromatic carbocycles. The Hall–Kier alpha value is -0.980. The molecule has 2 fully saturated rings. The number of piperidine rings is 1. The summed E-state index contributed by atoms with van der Waals surface area (Å²) in [5, 5.41) is 1.08. The standard InChI is InChI=1S/C15H24N4OS/c1-10-4-7-19(8-5-10)9-6-12-17-13(11-2-3-11)14(21-12)15(20)18-16/h10-11H,2-9,16H2,1H3,(H,18,20). The Balaban J connectivity index is 1.61. The summed E-state index contributed by atoms with van der Waals surface area (Å²) in [6.07, 6.45) is 5.84. The summed E-state index contributed by atoms with van der Waals surface area (Å²) in [4.78, 5) is 19.8. The van der Waals surface area contributed by atoms with Crippen LogP contribution < -0.4 is 11.3 Å². The minimum Gasteiger partial charge on any atom is -0.303 e. The SMILES string of the molecule is CC1CCN(CCc2nc(C3CC3)c(C(=O)NN)s2)CC1. The molecule has 2 heterocycles. The molecule has 1 aliphatic heterocycles. The number of aromatic nitrogens is 1. The second-order valence-corrected chi connectivity index (χ2v) is 7.43. The highest BCUT2D eigenvalue weighted by atomic mass is 32.1. The van der Waals surface area contributed by atoms with E-state index in [1.807, 2.05) is 0 Å². The molecule has 116 valence electrons. The second kappa shape index (κ2) is 6.42. The summed E-state index contributed by atoms with van der Waals surface area (Å²) in [7, 11) is 0. The minimum absolute atomic E-state index is 0.188. The molecule has 5 nitrogen and oxygen atoms in total. The third-order valence-corrected chi connectivity index (χ3v) is 5.65. The van der Waals surface area contributed by atoms with Crippen molar-refractivity contribution in [2.45, 2.75) is 44.9 Å². The van der Waals surface area contributed by atoms with Gasteiger partial charge in [0.1, 0.15) is 4.88 Å². The Bertz CT molecular complexity index is 504. The second-order valence-electron chi connectivity index (χ2n) is 6.34. The summed E-state index contributed by atoms with van der Waals surface area (Å²) >= 11 is 1.52. The molecule has 1 saturated carbocycles. The average Bonchev–Trinajstić information content (AvgIpc) is 3.26. The van der Waals surface area contributed by atoms with Gasteiger partial charge in [-0.15, -0.1) is 11.3 Å². The summed E-state index contributed by atoms with van der Waals surface area (Å²) in [5.41, 5.74) is 3.23. The quantitative estimate of drug-likeness (QED) is 0.495. The highest BCUT2D eigenvalue weighted by Gasteiger charge is 2.31. The van der Waals surface area contributed by atoms with Gasteiger partial charge in [0.15, 0.2) is 0 Å². The molecule has 1 saturated heterocycles. The van der Waals surface area contributed by atoms with Gasteiger partial charge in [-0.1, -0.05) is 6.92 Å². The lowest BCUT2D eigenvalue weighted by Crippen LogP contribution is -2.34. The smallest absolute Gasteiger partial charge is 0.277 e. The van der Waals surface area contributed by atoms with E-state index in [0.717, 1.165) is 47.3 Å². The largest absolute Gasteiger partial charge is 0.303 e. The fourth-order valence-electron chi connectivity index (χ4n) is 2.89. The van der Waals surface area contributed by atoms with Crippen LogP contribution in [0.2, 0.25) is 0 Å². The lowest BCUT2D eigenvalue weighted by atomic mass is 9.99. The van der Waals surface area contributed by atoms with Crippen molar-refractivity contribution in [2.75, 3.05) is 19.6 Å².